The van der Waals surface area contributed by atoms with Crippen molar-refractivity contribution < 1.29 is 0 Å². The van der Waals surface area contributed by atoms with Crippen molar-refractivity contribution in [3.63, 3.8) is 0 Å². The second-order valence-corrected chi connectivity index (χ2v) is 6.70. The molecule has 4 aromatic rings. The van der Waals surface area contributed by atoms with E-state index in [1.54, 1.807) is 19.3 Å². The largest absolute Gasteiger partial charge is 0.369 e. The summed E-state index contributed by atoms with van der Waals surface area (Å²) in [6, 6.07) is 20.1. The molecular weight excluding hydrogens is 350 g/mol. The zero-order valence-electron chi connectivity index (χ0n) is 15.6. The van der Waals surface area contributed by atoms with Crippen LogP contribution in [0.25, 0.3) is 16.8 Å². The van der Waals surface area contributed by atoms with E-state index in [2.05, 4.69) is 46.5 Å². The topological polar surface area (TPSA) is 78.7 Å². The molecule has 0 spiro atoms. The van der Waals surface area contributed by atoms with Gasteiger partial charge in [-0.1, -0.05) is 36.4 Å². The van der Waals surface area contributed by atoms with Gasteiger partial charge in [-0.3, -0.25) is 9.36 Å². The number of hydrogen-bond donors (Lipinski definition) is 1. The molecule has 0 saturated carbocycles. The summed E-state index contributed by atoms with van der Waals surface area (Å²) < 4.78 is 3.19. The molecule has 0 bridgehead atoms. The third-order valence-corrected chi connectivity index (χ3v) is 4.77. The standard InChI is InChI=1S/C22H21N5O/c1-26-21(28)15-19(25-22(26)23)10-9-16-5-2-6-17(13-16)18-7-3-8-20(14-18)27-12-4-11-24-27/h2-8,11-15H,9-10H2,1H3,(H2,23,25). The summed E-state index contributed by atoms with van der Waals surface area (Å²) >= 11 is 0. The summed E-state index contributed by atoms with van der Waals surface area (Å²) in [4.78, 5) is 16.2. The fourth-order valence-electron chi connectivity index (χ4n) is 3.16. The molecular formula is C22H21N5O. The molecule has 2 N–H and O–H groups in total. The van der Waals surface area contributed by atoms with Crippen molar-refractivity contribution >= 4 is 5.95 Å². The van der Waals surface area contributed by atoms with E-state index >= 15 is 0 Å². The average molecular weight is 371 g/mol. The van der Waals surface area contributed by atoms with Crippen molar-refractivity contribution in [2.24, 2.45) is 7.05 Å². The monoisotopic (exact) mass is 371 g/mol. The maximum absolute atomic E-state index is 11.9. The van der Waals surface area contributed by atoms with Gasteiger partial charge in [-0.25, -0.2) is 9.67 Å². The minimum Gasteiger partial charge on any atom is -0.369 e. The average Bonchev–Trinajstić information content (AvgIpc) is 3.26. The SMILES string of the molecule is Cn1c(N)nc(CCc2cccc(-c3cccc(-n4cccn4)c3)c2)cc1=O. The van der Waals surface area contributed by atoms with Gasteiger partial charge < -0.3 is 5.73 Å². The quantitative estimate of drug-likeness (QED) is 0.585. The number of nitrogen functional groups attached to an aromatic ring is 1. The fraction of sp³-hybridized carbons (Fsp3) is 0.136. The van der Waals surface area contributed by atoms with Gasteiger partial charge in [-0.2, -0.15) is 5.10 Å². The van der Waals surface area contributed by atoms with E-state index in [4.69, 9.17) is 5.73 Å². The molecule has 0 aliphatic heterocycles. The van der Waals surface area contributed by atoms with Crippen molar-refractivity contribution in [3.05, 3.63) is 94.7 Å². The maximum Gasteiger partial charge on any atom is 0.254 e. The van der Waals surface area contributed by atoms with Crippen LogP contribution < -0.4 is 11.3 Å². The number of nitrogens with two attached hydrogens (primary N) is 1. The van der Waals surface area contributed by atoms with Crippen molar-refractivity contribution in [2.45, 2.75) is 12.8 Å². The smallest absolute Gasteiger partial charge is 0.254 e. The number of hydrogen-bond acceptors (Lipinski definition) is 4. The minimum atomic E-state index is -0.133. The van der Waals surface area contributed by atoms with Crippen LogP contribution in [0.2, 0.25) is 0 Å². The fourth-order valence-corrected chi connectivity index (χ4v) is 3.16. The highest BCUT2D eigenvalue weighted by molar-refractivity contribution is 5.66. The Labute approximate surface area is 162 Å². The van der Waals surface area contributed by atoms with Gasteiger partial charge in [0.1, 0.15) is 0 Å². The predicted octanol–water partition coefficient (Wildman–Crippen LogP) is 3.00. The summed E-state index contributed by atoms with van der Waals surface area (Å²) in [5, 5.41) is 4.29. The zero-order valence-corrected chi connectivity index (χ0v) is 15.6. The van der Waals surface area contributed by atoms with Gasteiger partial charge in [0, 0.05) is 25.5 Å². The minimum absolute atomic E-state index is 0.133. The highest BCUT2D eigenvalue weighted by atomic mass is 16.1. The molecule has 6 heteroatoms. The molecule has 0 saturated heterocycles. The number of aryl methyl sites for hydroxylation is 2. The second-order valence-electron chi connectivity index (χ2n) is 6.70. The number of benzene rings is 2. The van der Waals surface area contributed by atoms with Crippen LogP contribution in [0.3, 0.4) is 0 Å². The van der Waals surface area contributed by atoms with E-state index in [1.165, 1.54) is 10.1 Å². The number of aromatic nitrogens is 4. The zero-order chi connectivity index (χ0) is 19.5. The van der Waals surface area contributed by atoms with Crippen molar-refractivity contribution in [1.29, 1.82) is 0 Å². The molecule has 28 heavy (non-hydrogen) atoms. The molecule has 6 nitrogen and oxygen atoms in total. The van der Waals surface area contributed by atoms with Crippen LogP contribution in [0.4, 0.5) is 5.95 Å². The Bertz CT molecular complexity index is 1160. The van der Waals surface area contributed by atoms with Gasteiger partial charge >= 0.3 is 0 Å². The van der Waals surface area contributed by atoms with E-state index < -0.39 is 0 Å². The van der Waals surface area contributed by atoms with E-state index in [-0.39, 0.29) is 11.5 Å². The van der Waals surface area contributed by atoms with Gasteiger partial charge in [-0.15, -0.1) is 0 Å². The first-order chi connectivity index (χ1) is 13.6. The first kappa shape index (κ1) is 17.7. The summed E-state index contributed by atoms with van der Waals surface area (Å²) in [5.74, 6) is 0.242. The number of nitrogens with zero attached hydrogens (tertiary/aromatic N) is 4. The van der Waals surface area contributed by atoms with E-state index in [0.717, 1.165) is 23.2 Å². The second kappa shape index (κ2) is 7.52. The maximum atomic E-state index is 11.9. The number of anilines is 1. The van der Waals surface area contributed by atoms with Crippen molar-refractivity contribution in [3.8, 4) is 16.8 Å². The van der Waals surface area contributed by atoms with Crippen LogP contribution in [-0.2, 0) is 19.9 Å². The Morgan fingerprint density at radius 3 is 2.50 bits per heavy atom. The summed E-state index contributed by atoms with van der Waals surface area (Å²) in [6.07, 6.45) is 5.15. The Morgan fingerprint density at radius 1 is 0.964 bits per heavy atom. The molecule has 0 amide bonds. The predicted molar refractivity (Wildman–Crippen MR) is 110 cm³/mol. The molecule has 4 rings (SSSR count). The van der Waals surface area contributed by atoms with Crippen molar-refractivity contribution in [1.82, 2.24) is 19.3 Å². The summed E-state index contributed by atoms with van der Waals surface area (Å²) in [6.45, 7) is 0. The van der Waals surface area contributed by atoms with Crippen molar-refractivity contribution in [2.75, 3.05) is 5.73 Å². The normalized spacial score (nSPS) is 10.9. The first-order valence-corrected chi connectivity index (χ1v) is 9.12. The van der Waals surface area contributed by atoms with Gasteiger partial charge in [0.15, 0.2) is 0 Å². The molecule has 2 heterocycles. The third kappa shape index (κ3) is 3.71. The Morgan fingerprint density at radius 2 is 1.75 bits per heavy atom. The Hall–Kier alpha value is -3.67. The molecule has 0 radical (unpaired) electrons. The van der Waals surface area contributed by atoms with Crippen LogP contribution in [0.5, 0.6) is 0 Å². The van der Waals surface area contributed by atoms with Crippen LogP contribution in [-0.4, -0.2) is 19.3 Å². The van der Waals surface area contributed by atoms with Crippen LogP contribution in [0, 0.1) is 0 Å². The Kier molecular flexibility index (Phi) is 4.76. The lowest BCUT2D eigenvalue weighted by molar-refractivity contribution is 0.806. The van der Waals surface area contributed by atoms with E-state index in [1.807, 2.05) is 29.1 Å². The van der Waals surface area contributed by atoms with Crippen LogP contribution in [0.15, 0.2) is 77.9 Å². The van der Waals surface area contributed by atoms with E-state index in [0.29, 0.717) is 12.1 Å². The van der Waals surface area contributed by atoms with E-state index in [9.17, 15) is 4.79 Å². The Balaban J connectivity index is 1.55. The highest BCUT2D eigenvalue weighted by Crippen LogP contribution is 2.23. The first-order valence-electron chi connectivity index (χ1n) is 9.12. The summed E-state index contributed by atoms with van der Waals surface area (Å²) in [7, 11) is 1.62. The summed E-state index contributed by atoms with van der Waals surface area (Å²) in [5.41, 5.74) is 10.8. The van der Waals surface area contributed by atoms with Gasteiger partial charge in [-0.05, 0) is 47.7 Å². The van der Waals surface area contributed by atoms with Gasteiger partial charge in [0.25, 0.3) is 5.56 Å². The molecule has 0 aliphatic carbocycles. The van der Waals surface area contributed by atoms with Crippen LogP contribution >= 0.6 is 0 Å². The highest BCUT2D eigenvalue weighted by Gasteiger charge is 2.06. The molecule has 140 valence electrons. The molecule has 0 atom stereocenters. The lowest BCUT2D eigenvalue weighted by Gasteiger charge is -2.09. The van der Waals surface area contributed by atoms with Gasteiger partial charge in [0.2, 0.25) is 5.95 Å². The third-order valence-electron chi connectivity index (χ3n) is 4.77. The molecule has 2 aromatic carbocycles. The number of rotatable bonds is 5. The molecule has 2 aromatic heterocycles. The molecule has 0 aliphatic rings. The lowest BCUT2D eigenvalue weighted by atomic mass is 10.00. The molecule has 0 unspecified atom stereocenters. The lowest BCUT2D eigenvalue weighted by Crippen LogP contribution is -2.21. The molecule has 0 fully saturated rings. The van der Waals surface area contributed by atoms with Crippen LogP contribution in [0.1, 0.15) is 11.3 Å². The van der Waals surface area contributed by atoms with Gasteiger partial charge in [0.05, 0.1) is 11.4 Å².